The van der Waals surface area contributed by atoms with E-state index < -0.39 is 25.0 Å². The van der Waals surface area contributed by atoms with E-state index in [1.165, 1.54) is 4.90 Å². The minimum Gasteiger partial charge on any atom is -0.426 e. The van der Waals surface area contributed by atoms with Gasteiger partial charge in [-0.3, -0.25) is 9.59 Å². The van der Waals surface area contributed by atoms with Gasteiger partial charge < -0.3 is 20.3 Å². The number of nitrogens with one attached hydrogen (secondary N) is 1. The molecule has 3 N–H and O–H groups in total. The Balaban J connectivity index is 2.09. The predicted molar refractivity (Wildman–Crippen MR) is 97.2 cm³/mol. The summed E-state index contributed by atoms with van der Waals surface area (Å²) in [5, 5.41) is 22.6. The molecule has 0 spiro atoms. The maximum Gasteiger partial charge on any atom is 0.475 e. The van der Waals surface area contributed by atoms with Crippen molar-refractivity contribution in [3.63, 3.8) is 0 Å². The Labute approximate surface area is 156 Å². The molecule has 6 nitrogen and oxygen atoms in total. The molecule has 1 heterocycles. The molecule has 2 atom stereocenters. The standard InChI is InChI=1S/C16H19BCl2N2O4/c1-2-15(22)21-7-3-4-13(21)16(23)20-14(17(24)25)8-10-5-6-11(18)9-12(10)19/h2,5-6,9,13-14,24-25H,1,3-4,7-8H2,(H,20,23)/t13-,14+/m1/s1. The number of hydrogen-bond acceptors (Lipinski definition) is 4. The summed E-state index contributed by atoms with van der Waals surface area (Å²) in [6.07, 6.45) is 2.49. The molecule has 0 aromatic heterocycles. The van der Waals surface area contributed by atoms with Gasteiger partial charge in [0.2, 0.25) is 11.8 Å². The summed E-state index contributed by atoms with van der Waals surface area (Å²) in [4.78, 5) is 25.7. The van der Waals surface area contributed by atoms with Gasteiger partial charge in [-0.2, -0.15) is 0 Å². The maximum absolute atomic E-state index is 12.5. The zero-order valence-electron chi connectivity index (χ0n) is 13.5. The smallest absolute Gasteiger partial charge is 0.426 e. The number of likely N-dealkylation sites (tertiary alicyclic amines) is 1. The quantitative estimate of drug-likeness (QED) is 0.508. The van der Waals surface area contributed by atoms with Crippen LogP contribution >= 0.6 is 23.2 Å². The van der Waals surface area contributed by atoms with Gasteiger partial charge in [0, 0.05) is 16.6 Å². The van der Waals surface area contributed by atoms with Gasteiger partial charge in [0.1, 0.15) is 6.04 Å². The zero-order valence-corrected chi connectivity index (χ0v) is 15.0. The van der Waals surface area contributed by atoms with Crippen LogP contribution in [0.25, 0.3) is 0 Å². The van der Waals surface area contributed by atoms with E-state index in [1.807, 2.05) is 0 Å². The highest BCUT2D eigenvalue weighted by Crippen LogP contribution is 2.23. The van der Waals surface area contributed by atoms with Crippen molar-refractivity contribution in [1.29, 1.82) is 0 Å². The average molecular weight is 385 g/mol. The van der Waals surface area contributed by atoms with Gasteiger partial charge in [-0.1, -0.05) is 35.8 Å². The van der Waals surface area contributed by atoms with E-state index in [0.29, 0.717) is 35.0 Å². The fourth-order valence-corrected chi connectivity index (χ4v) is 3.34. The lowest BCUT2D eigenvalue weighted by Gasteiger charge is -2.26. The van der Waals surface area contributed by atoms with Crippen LogP contribution in [0.4, 0.5) is 0 Å². The number of hydrogen-bond donors (Lipinski definition) is 3. The lowest BCUT2D eigenvalue weighted by atomic mass is 9.75. The van der Waals surface area contributed by atoms with Crippen molar-refractivity contribution >= 4 is 42.1 Å². The summed E-state index contributed by atoms with van der Waals surface area (Å²) in [6, 6.07) is 4.19. The monoisotopic (exact) mass is 384 g/mol. The van der Waals surface area contributed by atoms with Crippen molar-refractivity contribution in [2.24, 2.45) is 0 Å². The van der Waals surface area contributed by atoms with Crippen LogP contribution in [-0.2, 0) is 16.0 Å². The Hall–Kier alpha value is -1.54. The Kier molecular flexibility index (Phi) is 6.90. The van der Waals surface area contributed by atoms with E-state index in [2.05, 4.69) is 11.9 Å². The van der Waals surface area contributed by atoms with Crippen molar-refractivity contribution in [2.45, 2.75) is 31.2 Å². The number of amides is 2. The molecule has 1 aromatic rings. The SMILES string of the molecule is C=CC(=O)N1CCC[C@@H]1C(=O)N[C@@H](Cc1ccc(Cl)cc1Cl)B(O)O. The van der Waals surface area contributed by atoms with Gasteiger partial charge in [0.15, 0.2) is 0 Å². The van der Waals surface area contributed by atoms with Gasteiger partial charge in [0.25, 0.3) is 0 Å². The minimum atomic E-state index is -1.78. The van der Waals surface area contributed by atoms with Crippen LogP contribution in [0.15, 0.2) is 30.9 Å². The fraction of sp³-hybridized carbons (Fsp3) is 0.375. The number of rotatable bonds is 6. The second-order valence-electron chi connectivity index (χ2n) is 5.86. The van der Waals surface area contributed by atoms with E-state index >= 15 is 0 Å². The fourth-order valence-electron chi connectivity index (χ4n) is 2.85. The number of carbonyl (C=O) groups excluding carboxylic acids is 2. The molecule has 0 bridgehead atoms. The highest BCUT2D eigenvalue weighted by Gasteiger charge is 2.36. The highest BCUT2D eigenvalue weighted by atomic mass is 35.5. The minimum absolute atomic E-state index is 0.113. The largest absolute Gasteiger partial charge is 0.475 e. The highest BCUT2D eigenvalue weighted by molar-refractivity contribution is 6.44. The lowest BCUT2D eigenvalue weighted by Crippen LogP contribution is -2.54. The first-order valence-corrected chi connectivity index (χ1v) is 8.62. The summed E-state index contributed by atoms with van der Waals surface area (Å²) in [5.41, 5.74) is 0.620. The van der Waals surface area contributed by atoms with Crippen molar-refractivity contribution in [3.05, 3.63) is 46.5 Å². The molecule has 1 saturated heterocycles. The average Bonchev–Trinajstić information content (AvgIpc) is 3.05. The second kappa shape index (κ2) is 8.71. The van der Waals surface area contributed by atoms with Gasteiger partial charge in [0.05, 0.1) is 5.94 Å². The van der Waals surface area contributed by atoms with Crippen LogP contribution < -0.4 is 5.32 Å². The molecule has 0 saturated carbocycles. The summed E-state index contributed by atoms with van der Waals surface area (Å²) >= 11 is 11.9. The normalized spacial score (nSPS) is 17.9. The molecule has 2 amide bonds. The maximum atomic E-state index is 12.5. The molecule has 0 aliphatic carbocycles. The molecule has 1 fully saturated rings. The number of carbonyl (C=O) groups is 2. The molecular weight excluding hydrogens is 366 g/mol. The van der Waals surface area contributed by atoms with E-state index in [1.54, 1.807) is 18.2 Å². The molecule has 25 heavy (non-hydrogen) atoms. The van der Waals surface area contributed by atoms with E-state index in [9.17, 15) is 19.6 Å². The molecule has 1 aliphatic heterocycles. The molecule has 2 rings (SSSR count). The van der Waals surface area contributed by atoms with Crippen LogP contribution in [0.5, 0.6) is 0 Å². The molecular formula is C16H19BCl2N2O4. The molecule has 1 aromatic carbocycles. The number of benzene rings is 1. The third-order valence-electron chi connectivity index (χ3n) is 4.16. The molecule has 134 valence electrons. The van der Waals surface area contributed by atoms with E-state index in [0.717, 1.165) is 6.08 Å². The van der Waals surface area contributed by atoms with Crippen LogP contribution in [0, 0.1) is 0 Å². The lowest BCUT2D eigenvalue weighted by molar-refractivity contribution is -0.135. The molecule has 0 radical (unpaired) electrons. The zero-order chi connectivity index (χ0) is 18.6. The second-order valence-corrected chi connectivity index (χ2v) is 6.71. The first kappa shape index (κ1) is 19.8. The Bertz CT molecular complexity index is 672. The Morgan fingerprint density at radius 2 is 2.16 bits per heavy atom. The number of halogens is 2. The van der Waals surface area contributed by atoms with Crippen molar-refractivity contribution < 1.29 is 19.6 Å². The third kappa shape index (κ3) is 4.98. The summed E-state index contributed by atoms with van der Waals surface area (Å²) in [5.74, 6) is -1.72. The van der Waals surface area contributed by atoms with Crippen molar-refractivity contribution in [2.75, 3.05) is 6.54 Å². The first-order chi connectivity index (χ1) is 11.8. The summed E-state index contributed by atoms with van der Waals surface area (Å²) < 4.78 is 0. The van der Waals surface area contributed by atoms with Gasteiger partial charge >= 0.3 is 7.12 Å². The third-order valence-corrected chi connectivity index (χ3v) is 4.74. The van der Waals surface area contributed by atoms with Gasteiger partial charge in [-0.25, -0.2) is 0 Å². The Morgan fingerprint density at radius 3 is 2.76 bits per heavy atom. The van der Waals surface area contributed by atoms with E-state index in [4.69, 9.17) is 23.2 Å². The van der Waals surface area contributed by atoms with Crippen molar-refractivity contribution in [3.8, 4) is 0 Å². The first-order valence-electron chi connectivity index (χ1n) is 7.87. The Morgan fingerprint density at radius 1 is 1.44 bits per heavy atom. The topological polar surface area (TPSA) is 89.9 Å². The molecule has 9 heteroatoms. The van der Waals surface area contributed by atoms with Gasteiger partial charge in [-0.15, -0.1) is 0 Å². The van der Waals surface area contributed by atoms with E-state index in [-0.39, 0.29) is 12.3 Å². The summed E-state index contributed by atoms with van der Waals surface area (Å²) in [6.45, 7) is 3.90. The van der Waals surface area contributed by atoms with Crippen LogP contribution in [-0.4, -0.2) is 52.4 Å². The molecule has 1 aliphatic rings. The van der Waals surface area contributed by atoms with Crippen LogP contribution in [0.1, 0.15) is 18.4 Å². The van der Waals surface area contributed by atoms with Gasteiger partial charge in [-0.05, 0) is 43.0 Å². The van der Waals surface area contributed by atoms with Crippen LogP contribution in [0.2, 0.25) is 10.0 Å². The van der Waals surface area contributed by atoms with Crippen molar-refractivity contribution in [1.82, 2.24) is 10.2 Å². The number of nitrogens with zero attached hydrogens (tertiary/aromatic N) is 1. The predicted octanol–water partition coefficient (Wildman–Crippen LogP) is 1.21. The molecule has 0 unspecified atom stereocenters. The summed E-state index contributed by atoms with van der Waals surface area (Å²) in [7, 11) is -1.78. The van der Waals surface area contributed by atoms with Crippen LogP contribution in [0.3, 0.4) is 0 Å².